The zero-order valence-corrected chi connectivity index (χ0v) is 11.3. The summed E-state index contributed by atoms with van der Waals surface area (Å²) in [6.07, 6.45) is -4.67. The lowest BCUT2D eigenvalue weighted by molar-refractivity contribution is -0.137. The van der Waals surface area contributed by atoms with Crippen LogP contribution >= 0.6 is 0 Å². The first-order valence-corrected chi connectivity index (χ1v) is 6.42. The van der Waals surface area contributed by atoms with E-state index in [1.165, 1.54) is 4.90 Å². The van der Waals surface area contributed by atoms with E-state index in [1.807, 2.05) is 0 Å². The Morgan fingerprint density at radius 3 is 2.68 bits per heavy atom. The molecule has 0 radical (unpaired) electrons. The van der Waals surface area contributed by atoms with Crippen LogP contribution in [-0.4, -0.2) is 42.9 Å². The van der Waals surface area contributed by atoms with Gasteiger partial charge in [0, 0.05) is 18.8 Å². The van der Waals surface area contributed by atoms with Gasteiger partial charge in [0.2, 0.25) is 11.8 Å². The molecule has 5 nitrogen and oxygen atoms in total. The maximum Gasteiger partial charge on any atom is 0.416 e. The number of benzene rings is 1. The number of alkyl halides is 3. The van der Waals surface area contributed by atoms with E-state index in [9.17, 15) is 27.2 Å². The Hall–Kier alpha value is -2.32. The van der Waals surface area contributed by atoms with Gasteiger partial charge in [0.1, 0.15) is 5.82 Å². The first-order chi connectivity index (χ1) is 10.3. The normalized spacial score (nSPS) is 15.5. The fourth-order valence-electron chi connectivity index (χ4n) is 2.00. The average molecular weight is 319 g/mol. The van der Waals surface area contributed by atoms with Crippen molar-refractivity contribution in [3.05, 3.63) is 29.6 Å². The largest absolute Gasteiger partial charge is 0.416 e. The smallest absolute Gasteiger partial charge is 0.376 e. The number of rotatable bonds is 3. The summed E-state index contributed by atoms with van der Waals surface area (Å²) in [4.78, 5) is 24.3. The number of nitrogens with zero attached hydrogens (tertiary/aromatic N) is 1. The number of anilines is 1. The van der Waals surface area contributed by atoms with E-state index >= 15 is 0 Å². The molecule has 1 aromatic rings. The van der Waals surface area contributed by atoms with Crippen LogP contribution < -0.4 is 10.6 Å². The molecule has 22 heavy (non-hydrogen) atoms. The third-order valence-electron chi connectivity index (χ3n) is 3.06. The van der Waals surface area contributed by atoms with Gasteiger partial charge in [-0.25, -0.2) is 4.39 Å². The van der Waals surface area contributed by atoms with Crippen molar-refractivity contribution in [2.24, 2.45) is 0 Å². The number of halogens is 4. The van der Waals surface area contributed by atoms with Crippen LogP contribution in [0.4, 0.5) is 23.2 Å². The Bertz CT molecular complexity index is 589. The predicted molar refractivity (Wildman–Crippen MR) is 69.5 cm³/mol. The van der Waals surface area contributed by atoms with Crippen molar-refractivity contribution in [2.75, 3.05) is 31.5 Å². The number of hydrogen-bond acceptors (Lipinski definition) is 3. The maximum absolute atomic E-state index is 13.2. The minimum absolute atomic E-state index is 0.0997. The van der Waals surface area contributed by atoms with Crippen LogP contribution in [0.15, 0.2) is 18.2 Å². The maximum atomic E-state index is 13.2. The van der Waals surface area contributed by atoms with E-state index in [1.54, 1.807) is 0 Å². The molecule has 0 saturated carbocycles. The molecule has 2 amide bonds. The first kappa shape index (κ1) is 16.1. The molecule has 0 aromatic heterocycles. The lowest BCUT2D eigenvalue weighted by atomic mass is 10.2. The van der Waals surface area contributed by atoms with Crippen molar-refractivity contribution in [1.29, 1.82) is 0 Å². The SMILES string of the molecule is O=C1CN(C(=O)CNc2cc(F)cc(C(F)(F)F)c2)CCN1. The molecule has 0 aliphatic carbocycles. The van der Waals surface area contributed by atoms with Gasteiger partial charge in [0.25, 0.3) is 0 Å². The minimum Gasteiger partial charge on any atom is -0.376 e. The molecule has 2 rings (SSSR count). The van der Waals surface area contributed by atoms with Crippen LogP contribution in [0.2, 0.25) is 0 Å². The third-order valence-corrected chi connectivity index (χ3v) is 3.06. The summed E-state index contributed by atoms with van der Waals surface area (Å²) in [5.74, 6) is -1.81. The van der Waals surface area contributed by atoms with Crippen LogP contribution in [0.5, 0.6) is 0 Å². The van der Waals surface area contributed by atoms with E-state index in [2.05, 4.69) is 10.6 Å². The van der Waals surface area contributed by atoms with Crippen LogP contribution in [0.1, 0.15) is 5.56 Å². The molecule has 9 heteroatoms. The number of nitrogens with one attached hydrogen (secondary N) is 2. The Labute approximate surface area is 123 Å². The molecule has 120 valence electrons. The van der Waals surface area contributed by atoms with Crippen LogP contribution in [-0.2, 0) is 15.8 Å². The Morgan fingerprint density at radius 2 is 2.05 bits per heavy atom. The van der Waals surface area contributed by atoms with Gasteiger partial charge in [0.05, 0.1) is 18.7 Å². The Kier molecular flexibility index (Phi) is 4.53. The zero-order valence-electron chi connectivity index (χ0n) is 11.3. The second kappa shape index (κ2) is 6.20. The van der Waals surface area contributed by atoms with Crippen molar-refractivity contribution in [3.8, 4) is 0 Å². The highest BCUT2D eigenvalue weighted by molar-refractivity contribution is 5.87. The minimum atomic E-state index is -4.67. The lowest BCUT2D eigenvalue weighted by Gasteiger charge is -2.26. The zero-order chi connectivity index (χ0) is 16.3. The van der Waals surface area contributed by atoms with E-state index in [0.29, 0.717) is 19.2 Å². The molecule has 0 spiro atoms. The summed E-state index contributed by atoms with van der Waals surface area (Å²) >= 11 is 0. The number of hydrogen-bond donors (Lipinski definition) is 2. The van der Waals surface area contributed by atoms with Gasteiger partial charge in [-0.05, 0) is 18.2 Å². The topological polar surface area (TPSA) is 61.4 Å². The van der Waals surface area contributed by atoms with Gasteiger partial charge in [-0.2, -0.15) is 13.2 Å². The molecule has 1 aliphatic rings. The molecule has 2 N–H and O–H groups in total. The fourth-order valence-corrected chi connectivity index (χ4v) is 2.00. The third kappa shape index (κ3) is 4.09. The molecule has 0 unspecified atom stereocenters. The van der Waals surface area contributed by atoms with Crippen LogP contribution in [0.25, 0.3) is 0 Å². The molecule has 1 aliphatic heterocycles. The molecule has 1 heterocycles. The van der Waals surface area contributed by atoms with Crippen molar-refractivity contribution in [2.45, 2.75) is 6.18 Å². The second-order valence-electron chi connectivity index (χ2n) is 4.75. The van der Waals surface area contributed by atoms with Crippen LogP contribution in [0.3, 0.4) is 0 Å². The van der Waals surface area contributed by atoms with E-state index < -0.39 is 23.5 Å². The highest BCUT2D eigenvalue weighted by atomic mass is 19.4. The molecule has 0 bridgehead atoms. The summed E-state index contributed by atoms with van der Waals surface area (Å²) in [5.41, 5.74) is -1.29. The summed E-state index contributed by atoms with van der Waals surface area (Å²) in [5, 5.41) is 4.99. The molecule has 1 aromatic carbocycles. The van der Waals surface area contributed by atoms with E-state index in [-0.39, 0.29) is 24.7 Å². The average Bonchev–Trinajstić information content (AvgIpc) is 2.43. The fraction of sp³-hybridized carbons (Fsp3) is 0.385. The van der Waals surface area contributed by atoms with E-state index in [0.717, 1.165) is 12.1 Å². The number of carbonyl (C=O) groups is 2. The van der Waals surface area contributed by atoms with Crippen molar-refractivity contribution >= 4 is 17.5 Å². The van der Waals surface area contributed by atoms with E-state index in [4.69, 9.17) is 0 Å². The number of piperazine rings is 1. The van der Waals surface area contributed by atoms with Gasteiger partial charge < -0.3 is 15.5 Å². The quantitative estimate of drug-likeness (QED) is 0.824. The number of amides is 2. The van der Waals surface area contributed by atoms with Crippen LogP contribution in [0, 0.1) is 5.82 Å². The van der Waals surface area contributed by atoms with Crippen molar-refractivity contribution < 1.29 is 27.2 Å². The second-order valence-corrected chi connectivity index (χ2v) is 4.75. The molecular weight excluding hydrogens is 306 g/mol. The highest BCUT2D eigenvalue weighted by Crippen LogP contribution is 2.31. The summed E-state index contributed by atoms with van der Waals surface area (Å²) in [6, 6.07) is 1.96. The Balaban J connectivity index is 2.00. The summed E-state index contributed by atoms with van der Waals surface area (Å²) in [7, 11) is 0. The summed E-state index contributed by atoms with van der Waals surface area (Å²) in [6.45, 7) is 0.220. The molecular formula is C13H13F4N3O2. The Morgan fingerprint density at radius 1 is 1.32 bits per heavy atom. The van der Waals surface area contributed by atoms with Gasteiger partial charge >= 0.3 is 6.18 Å². The lowest BCUT2D eigenvalue weighted by Crippen LogP contribution is -2.51. The van der Waals surface area contributed by atoms with Gasteiger partial charge in [-0.1, -0.05) is 0 Å². The standard InChI is InChI=1S/C13H13F4N3O2/c14-9-3-8(13(15,16)17)4-10(5-9)19-6-12(22)20-2-1-18-11(21)7-20/h3-5,19H,1-2,6-7H2,(H,18,21). The number of carbonyl (C=O) groups excluding carboxylic acids is 2. The van der Waals surface area contributed by atoms with Gasteiger partial charge in [-0.3, -0.25) is 9.59 Å². The van der Waals surface area contributed by atoms with Gasteiger partial charge in [-0.15, -0.1) is 0 Å². The van der Waals surface area contributed by atoms with Crippen molar-refractivity contribution in [3.63, 3.8) is 0 Å². The summed E-state index contributed by atoms with van der Waals surface area (Å²) < 4.78 is 50.9. The first-order valence-electron chi connectivity index (χ1n) is 6.42. The van der Waals surface area contributed by atoms with Crippen molar-refractivity contribution in [1.82, 2.24) is 10.2 Å². The molecule has 1 saturated heterocycles. The molecule has 0 atom stereocenters. The van der Waals surface area contributed by atoms with Gasteiger partial charge in [0.15, 0.2) is 0 Å². The highest BCUT2D eigenvalue weighted by Gasteiger charge is 2.31. The molecule has 1 fully saturated rings. The monoisotopic (exact) mass is 319 g/mol. The predicted octanol–water partition coefficient (Wildman–Crippen LogP) is 1.21.